The number of thiazole rings is 1. The number of aromatic nitrogens is 1. The summed E-state index contributed by atoms with van der Waals surface area (Å²) in [5.74, 6) is 1.58. The summed E-state index contributed by atoms with van der Waals surface area (Å²) in [6, 6.07) is 13.1. The second kappa shape index (κ2) is 15.6. The summed E-state index contributed by atoms with van der Waals surface area (Å²) in [7, 11) is -4.04. The fourth-order valence-corrected chi connectivity index (χ4v) is 7.79. The van der Waals surface area contributed by atoms with Crippen LogP contribution in [0, 0.1) is 18.3 Å². The lowest BCUT2D eigenvalue weighted by molar-refractivity contribution is -0.148. The second-order valence-electron chi connectivity index (χ2n) is 11.5. The summed E-state index contributed by atoms with van der Waals surface area (Å²) in [4.78, 5) is 33.1. The summed E-state index contributed by atoms with van der Waals surface area (Å²) in [6.07, 6.45) is 6.40. The average molecular weight is 640 g/mol. The highest BCUT2D eigenvalue weighted by Crippen LogP contribution is 2.26. The Bertz CT molecular complexity index is 1550. The number of amides is 2. The largest absolute Gasteiger partial charge is 0.390 e. The van der Waals surface area contributed by atoms with Crippen LogP contribution in [0.2, 0.25) is 0 Å². The van der Waals surface area contributed by atoms with Crippen molar-refractivity contribution in [2.75, 3.05) is 32.7 Å². The average Bonchev–Trinajstić information content (AvgIpc) is 3.69. The van der Waals surface area contributed by atoms with Gasteiger partial charge in [0.1, 0.15) is 0 Å². The molecule has 2 atom stereocenters. The van der Waals surface area contributed by atoms with E-state index in [4.69, 9.17) is 6.42 Å². The lowest BCUT2D eigenvalue weighted by Gasteiger charge is -2.37. The van der Waals surface area contributed by atoms with Gasteiger partial charge in [-0.15, -0.1) is 23.7 Å². The maximum absolute atomic E-state index is 14.0. The topological polar surface area (TPSA) is 123 Å². The Morgan fingerprint density at radius 2 is 1.86 bits per heavy atom. The Kier molecular flexibility index (Phi) is 11.9. The van der Waals surface area contributed by atoms with Crippen LogP contribution in [0.3, 0.4) is 0 Å². The molecule has 2 amide bonds. The van der Waals surface area contributed by atoms with Gasteiger partial charge in [0.25, 0.3) is 5.91 Å². The Morgan fingerprint density at radius 1 is 1.14 bits per heavy atom. The van der Waals surface area contributed by atoms with Gasteiger partial charge in [0.05, 0.1) is 39.3 Å². The smallest absolute Gasteiger partial charge is 0.252 e. The molecule has 1 aliphatic rings. The number of hydrogen-bond donors (Lipinski definition) is 2. The number of benzene rings is 2. The zero-order chi connectivity index (χ0) is 31.7. The van der Waals surface area contributed by atoms with E-state index in [0.717, 1.165) is 36.2 Å². The lowest BCUT2D eigenvalue weighted by Crippen LogP contribution is -2.60. The quantitative estimate of drug-likeness (QED) is 0.205. The summed E-state index contributed by atoms with van der Waals surface area (Å²) in [6.45, 7) is 5.35. The molecule has 4 rings (SSSR count). The van der Waals surface area contributed by atoms with Gasteiger partial charge in [0.15, 0.2) is 0 Å². The van der Waals surface area contributed by atoms with Gasteiger partial charge >= 0.3 is 0 Å². The monoisotopic (exact) mass is 639 g/mol. The number of sulfonamides is 1. The van der Waals surface area contributed by atoms with Crippen LogP contribution in [0.15, 0.2) is 58.9 Å². The van der Waals surface area contributed by atoms with Gasteiger partial charge in [-0.2, -0.15) is 4.31 Å². The minimum absolute atomic E-state index is 0.0403. The van der Waals surface area contributed by atoms with Crippen LogP contribution in [-0.4, -0.2) is 89.4 Å². The molecule has 44 heavy (non-hydrogen) atoms. The van der Waals surface area contributed by atoms with Crippen LogP contribution >= 0.6 is 11.3 Å². The van der Waals surface area contributed by atoms with Crippen LogP contribution in [0.1, 0.15) is 45.1 Å². The minimum atomic E-state index is -4.04. The molecule has 1 saturated heterocycles. The number of terminal acetylenes is 1. The minimum Gasteiger partial charge on any atom is -0.390 e. The van der Waals surface area contributed by atoms with E-state index in [9.17, 15) is 23.1 Å². The fourth-order valence-electron chi connectivity index (χ4n) is 5.35. The molecule has 0 spiro atoms. The number of likely N-dealkylation sites (tertiary alicyclic amines) is 1. The number of fused-ring (bicyclic) bond motifs is 1. The number of aliphatic hydroxyl groups excluding tert-OH is 1. The molecule has 0 bridgehead atoms. The van der Waals surface area contributed by atoms with E-state index in [1.807, 2.05) is 49.1 Å². The number of carbonyl (C=O) groups excluding carboxylic acids is 2. The van der Waals surface area contributed by atoms with Crippen molar-refractivity contribution < 1.29 is 23.1 Å². The molecular weight excluding hydrogens is 599 g/mol. The first-order chi connectivity index (χ1) is 21.1. The molecule has 1 fully saturated rings. The standard InChI is InChI=1S/C32H41N5O5S2/c1-4-5-13-32(40)37(34-31(39)22-35-16-9-10-17-35)28(18-25-11-7-6-8-12-25)29(38)21-36(20-24(2)3)44(41,42)26-14-15-27-30(19-26)43-23-33-27/h1,6-8,11-12,14-15,19,23-24,28-29,38H,5,9-10,13,16-18,20-22H2,2-3H3,(H,34,39)/t28?,29-/m1/s1. The van der Waals surface area contributed by atoms with E-state index in [1.54, 1.807) is 17.6 Å². The van der Waals surface area contributed by atoms with Crippen molar-refractivity contribution in [1.82, 2.24) is 24.6 Å². The summed E-state index contributed by atoms with van der Waals surface area (Å²) in [5, 5.41) is 13.0. The van der Waals surface area contributed by atoms with Crippen LogP contribution < -0.4 is 5.43 Å². The van der Waals surface area contributed by atoms with Gasteiger partial charge in [-0.3, -0.25) is 19.9 Å². The van der Waals surface area contributed by atoms with E-state index in [0.29, 0.717) is 5.52 Å². The number of hydrogen-bond acceptors (Lipinski definition) is 8. The van der Waals surface area contributed by atoms with E-state index >= 15 is 0 Å². The Labute approximate surface area is 264 Å². The van der Waals surface area contributed by atoms with Gasteiger partial charge in [0, 0.05) is 25.9 Å². The Hall–Kier alpha value is -3.34. The molecule has 2 heterocycles. The lowest BCUT2D eigenvalue weighted by atomic mass is 9.99. The van der Waals surface area contributed by atoms with E-state index in [1.165, 1.54) is 26.7 Å². The van der Waals surface area contributed by atoms with Crippen molar-refractivity contribution in [3.63, 3.8) is 0 Å². The van der Waals surface area contributed by atoms with Crippen molar-refractivity contribution in [3.05, 3.63) is 59.6 Å². The molecule has 2 aromatic carbocycles. The van der Waals surface area contributed by atoms with Crippen LogP contribution in [0.5, 0.6) is 0 Å². The predicted octanol–water partition coefficient (Wildman–Crippen LogP) is 3.28. The predicted molar refractivity (Wildman–Crippen MR) is 172 cm³/mol. The van der Waals surface area contributed by atoms with E-state index < -0.39 is 28.1 Å². The third-order valence-electron chi connectivity index (χ3n) is 7.53. The van der Waals surface area contributed by atoms with Gasteiger partial charge in [-0.05, 0) is 62.0 Å². The first kappa shape index (κ1) is 33.6. The van der Waals surface area contributed by atoms with Crippen molar-refractivity contribution in [2.24, 2.45) is 5.92 Å². The maximum Gasteiger partial charge on any atom is 0.252 e. The Balaban J connectivity index is 1.66. The number of hydrazine groups is 1. The van der Waals surface area contributed by atoms with Gasteiger partial charge in [0.2, 0.25) is 15.9 Å². The molecule has 10 nitrogen and oxygen atoms in total. The SMILES string of the molecule is C#CCCC(=O)N(NC(=O)CN1CCCC1)C(Cc1ccccc1)[C@H](O)CN(CC(C)C)S(=O)(=O)c1ccc2ncsc2c1. The molecule has 1 aliphatic heterocycles. The highest BCUT2D eigenvalue weighted by molar-refractivity contribution is 7.89. The molecule has 236 valence electrons. The van der Waals surface area contributed by atoms with Crippen LogP contribution in [0.25, 0.3) is 10.2 Å². The third-order valence-corrected chi connectivity index (χ3v) is 10.1. The molecule has 12 heteroatoms. The van der Waals surface area contributed by atoms with Crippen molar-refractivity contribution in [1.29, 1.82) is 0 Å². The normalized spacial score (nSPS) is 15.4. The first-order valence-corrected chi connectivity index (χ1v) is 17.2. The summed E-state index contributed by atoms with van der Waals surface area (Å²) >= 11 is 1.35. The number of carbonyl (C=O) groups is 2. The van der Waals surface area contributed by atoms with Crippen LogP contribution in [-0.2, 0) is 26.0 Å². The zero-order valence-electron chi connectivity index (χ0n) is 25.3. The van der Waals surface area contributed by atoms with Crippen molar-refractivity contribution >= 4 is 43.4 Å². The summed E-state index contributed by atoms with van der Waals surface area (Å²) < 4.78 is 30.0. The summed E-state index contributed by atoms with van der Waals surface area (Å²) in [5.41, 5.74) is 5.94. The number of nitrogens with one attached hydrogen (secondary N) is 1. The zero-order valence-corrected chi connectivity index (χ0v) is 26.9. The van der Waals surface area contributed by atoms with Crippen molar-refractivity contribution in [3.8, 4) is 12.3 Å². The number of rotatable bonds is 14. The third kappa shape index (κ3) is 8.86. The molecule has 2 N–H and O–H groups in total. The molecular formula is C32H41N5O5S2. The fraction of sp³-hybridized carbons (Fsp3) is 0.469. The molecule has 0 aliphatic carbocycles. The Morgan fingerprint density at radius 3 is 2.55 bits per heavy atom. The molecule has 3 aromatic rings. The maximum atomic E-state index is 14.0. The molecule has 1 unspecified atom stereocenters. The number of nitrogens with zero attached hydrogens (tertiary/aromatic N) is 4. The highest BCUT2D eigenvalue weighted by Gasteiger charge is 2.36. The molecule has 0 radical (unpaired) electrons. The second-order valence-corrected chi connectivity index (χ2v) is 14.3. The van der Waals surface area contributed by atoms with E-state index in [2.05, 4.69) is 16.3 Å². The van der Waals surface area contributed by atoms with Crippen molar-refractivity contribution in [2.45, 2.75) is 63.0 Å². The van der Waals surface area contributed by atoms with Gasteiger partial charge in [-0.25, -0.2) is 18.4 Å². The first-order valence-electron chi connectivity index (χ1n) is 14.9. The molecule has 0 saturated carbocycles. The van der Waals surface area contributed by atoms with E-state index in [-0.39, 0.29) is 55.6 Å². The van der Waals surface area contributed by atoms with Crippen LogP contribution in [0.4, 0.5) is 0 Å². The van der Waals surface area contributed by atoms with Gasteiger partial charge in [-0.1, -0.05) is 44.2 Å². The number of aliphatic hydroxyl groups is 1. The van der Waals surface area contributed by atoms with Gasteiger partial charge < -0.3 is 5.11 Å². The highest BCUT2D eigenvalue weighted by atomic mass is 32.2. The molecule has 1 aromatic heterocycles.